The molecule has 0 aliphatic heterocycles. The molecule has 8 heteroatoms. The van der Waals surface area contributed by atoms with E-state index in [-0.39, 0.29) is 5.91 Å². The lowest BCUT2D eigenvalue weighted by molar-refractivity contribution is 0.0954. The minimum atomic E-state index is -0.200. The molecule has 2 heterocycles. The third kappa shape index (κ3) is 3.48. The second-order valence-corrected chi connectivity index (χ2v) is 5.94. The van der Waals surface area contributed by atoms with Gasteiger partial charge >= 0.3 is 0 Å². The van der Waals surface area contributed by atoms with Gasteiger partial charge in [-0.3, -0.25) is 4.79 Å². The molecule has 0 unspecified atom stereocenters. The number of nitrogens with two attached hydrogens (primary N) is 1. The van der Waals surface area contributed by atoms with Gasteiger partial charge in [0.2, 0.25) is 0 Å². The van der Waals surface area contributed by atoms with Gasteiger partial charge in [-0.1, -0.05) is 11.3 Å². The van der Waals surface area contributed by atoms with Crippen molar-refractivity contribution in [1.29, 1.82) is 5.26 Å². The molecule has 0 radical (unpaired) electrons. The number of hydrogen-bond acceptors (Lipinski definition) is 7. The lowest BCUT2D eigenvalue weighted by atomic mass is 10.2. The Morgan fingerprint density at radius 2 is 2.21 bits per heavy atom. The molecule has 0 fully saturated rings. The molecule has 0 atom stereocenters. The van der Waals surface area contributed by atoms with Gasteiger partial charge in [-0.2, -0.15) is 5.26 Å². The maximum atomic E-state index is 12.0. The third-order valence-corrected chi connectivity index (χ3v) is 4.14. The van der Waals surface area contributed by atoms with Crippen LogP contribution in [0, 0.1) is 11.3 Å². The first-order valence-electron chi connectivity index (χ1n) is 7.21. The van der Waals surface area contributed by atoms with E-state index in [4.69, 9.17) is 11.0 Å². The summed E-state index contributed by atoms with van der Waals surface area (Å²) < 4.78 is 0.911. The minimum absolute atomic E-state index is 0.200. The lowest BCUT2D eigenvalue weighted by Crippen LogP contribution is -2.29. The molecule has 1 amide bonds. The van der Waals surface area contributed by atoms with E-state index in [1.165, 1.54) is 11.3 Å². The van der Waals surface area contributed by atoms with Crippen LogP contribution in [-0.4, -0.2) is 29.0 Å². The number of benzene rings is 1. The Morgan fingerprint density at radius 1 is 1.33 bits per heavy atom. The van der Waals surface area contributed by atoms with Gasteiger partial charge in [0.15, 0.2) is 5.13 Å². The van der Waals surface area contributed by atoms with Gasteiger partial charge in [-0.15, -0.1) is 0 Å². The summed E-state index contributed by atoms with van der Waals surface area (Å²) >= 11 is 1.42. The normalized spacial score (nSPS) is 10.3. The van der Waals surface area contributed by atoms with Crippen LogP contribution in [0.15, 0.2) is 36.5 Å². The summed E-state index contributed by atoms with van der Waals surface area (Å²) in [6, 6.07) is 10.7. The van der Waals surface area contributed by atoms with Crippen molar-refractivity contribution < 1.29 is 4.79 Å². The average Bonchev–Trinajstić information content (AvgIpc) is 3.00. The topological polar surface area (TPSA) is 117 Å². The van der Waals surface area contributed by atoms with Crippen LogP contribution in [-0.2, 0) is 0 Å². The van der Waals surface area contributed by atoms with E-state index < -0.39 is 0 Å². The molecule has 3 aromatic rings. The van der Waals surface area contributed by atoms with Gasteiger partial charge in [-0.25, -0.2) is 9.97 Å². The van der Waals surface area contributed by atoms with Crippen molar-refractivity contribution in [2.45, 2.75) is 0 Å². The van der Waals surface area contributed by atoms with E-state index >= 15 is 0 Å². The largest absolute Gasteiger partial charge is 0.351 e. The maximum Gasteiger partial charge on any atom is 0.251 e. The van der Waals surface area contributed by atoms with E-state index in [1.54, 1.807) is 36.5 Å². The van der Waals surface area contributed by atoms with E-state index in [1.807, 2.05) is 0 Å². The summed E-state index contributed by atoms with van der Waals surface area (Å²) in [5, 5.41) is 15.4. The monoisotopic (exact) mass is 338 g/mol. The smallest absolute Gasteiger partial charge is 0.251 e. The Morgan fingerprint density at radius 3 is 3.00 bits per heavy atom. The van der Waals surface area contributed by atoms with Gasteiger partial charge < -0.3 is 16.4 Å². The molecule has 1 aromatic carbocycles. The summed E-state index contributed by atoms with van der Waals surface area (Å²) in [5.41, 5.74) is 7.27. The molecular weight excluding hydrogens is 324 g/mol. The molecular formula is C16H14N6OS. The van der Waals surface area contributed by atoms with Gasteiger partial charge in [0.1, 0.15) is 5.82 Å². The number of aromatic nitrogens is 2. The highest BCUT2D eigenvalue weighted by Gasteiger charge is 2.09. The Labute approximate surface area is 142 Å². The molecule has 0 bridgehead atoms. The molecule has 0 saturated carbocycles. The molecule has 7 nitrogen and oxygen atoms in total. The number of pyridine rings is 1. The maximum absolute atomic E-state index is 12.0. The lowest BCUT2D eigenvalue weighted by Gasteiger charge is -2.05. The predicted octanol–water partition coefficient (Wildman–Crippen LogP) is 2.00. The van der Waals surface area contributed by atoms with Gasteiger partial charge in [-0.05, 0) is 30.3 Å². The number of hydrogen-bond donors (Lipinski definition) is 3. The number of anilines is 2. The van der Waals surface area contributed by atoms with Crippen molar-refractivity contribution in [3.8, 4) is 6.07 Å². The number of thiazole rings is 1. The average molecular weight is 338 g/mol. The second kappa shape index (κ2) is 7.04. The number of rotatable bonds is 5. The Balaban J connectivity index is 1.81. The Bertz CT molecular complexity index is 930. The number of amides is 1. The molecule has 120 valence electrons. The third-order valence-electron chi connectivity index (χ3n) is 3.20. The summed E-state index contributed by atoms with van der Waals surface area (Å²) in [5.74, 6) is 0.323. The van der Waals surface area contributed by atoms with Crippen LogP contribution in [0.5, 0.6) is 0 Å². The van der Waals surface area contributed by atoms with Crippen LogP contribution in [0.4, 0.5) is 10.9 Å². The molecule has 0 saturated heterocycles. The van der Waals surface area contributed by atoms with Crippen LogP contribution in [0.3, 0.4) is 0 Å². The molecule has 3 rings (SSSR count). The molecule has 4 N–H and O–H groups in total. The van der Waals surface area contributed by atoms with E-state index in [0.717, 1.165) is 10.2 Å². The first kappa shape index (κ1) is 15.9. The van der Waals surface area contributed by atoms with Crippen LogP contribution < -0.4 is 16.4 Å². The highest BCUT2D eigenvalue weighted by molar-refractivity contribution is 7.22. The van der Waals surface area contributed by atoms with Crippen molar-refractivity contribution in [3.05, 3.63) is 47.7 Å². The van der Waals surface area contributed by atoms with Gasteiger partial charge in [0.05, 0.1) is 21.8 Å². The van der Waals surface area contributed by atoms with E-state index in [0.29, 0.717) is 35.2 Å². The zero-order valence-electron chi connectivity index (χ0n) is 12.6. The van der Waals surface area contributed by atoms with Crippen LogP contribution in [0.1, 0.15) is 15.9 Å². The fourth-order valence-corrected chi connectivity index (χ4v) is 3.00. The fraction of sp³-hybridized carbons (Fsp3) is 0.125. The van der Waals surface area contributed by atoms with Gasteiger partial charge in [0, 0.05) is 24.8 Å². The summed E-state index contributed by atoms with van der Waals surface area (Å²) in [4.78, 5) is 20.6. The van der Waals surface area contributed by atoms with Crippen LogP contribution in [0.2, 0.25) is 0 Å². The van der Waals surface area contributed by atoms with E-state index in [2.05, 4.69) is 26.7 Å². The molecule has 24 heavy (non-hydrogen) atoms. The molecule has 0 aliphatic carbocycles. The quantitative estimate of drug-likeness (QED) is 0.655. The van der Waals surface area contributed by atoms with Crippen molar-refractivity contribution in [1.82, 2.24) is 15.3 Å². The Kier molecular flexibility index (Phi) is 4.65. The zero-order valence-corrected chi connectivity index (χ0v) is 13.4. The van der Waals surface area contributed by atoms with Crippen molar-refractivity contribution in [3.63, 3.8) is 0 Å². The SMILES string of the molecule is N#Cc1ccc2nc(Nc3cc(C(=O)NCCN)ccn3)sc2c1. The zero-order chi connectivity index (χ0) is 16.9. The second-order valence-electron chi connectivity index (χ2n) is 4.91. The molecule has 0 aliphatic rings. The number of carbonyl (C=O) groups is 1. The number of nitrogens with zero attached hydrogens (tertiary/aromatic N) is 3. The minimum Gasteiger partial charge on any atom is -0.351 e. The predicted molar refractivity (Wildman–Crippen MR) is 93.2 cm³/mol. The first-order chi connectivity index (χ1) is 11.7. The number of fused-ring (bicyclic) bond motifs is 1. The van der Waals surface area contributed by atoms with Crippen molar-refractivity contribution >= 4 is 38.4 Å². The van der Waals surface area contributed by atoms with Crippen LogP contribution >= 0.6 is 11.3 Å². The summed E-state index contributed by atoms with van der Waals surface area (Å²) in [6.07, 6.45) is 1.56. The summed E-state index contributed by atoms with van der Waals surface area (Å²) in [6.45, 7) is 0.807. The highest BCUT2D eigenvalue weighted by atomic mass is 32.1. The standard InChI is InChI=1S/C16H14N6OS/c17-4-6-20-15(23)11-3-5-19-14(8-11)22-16-21-12-2-1-10(9-18)7-13(12)24-16/h1-3,5,7-8H,4,6,17H2,(H,20,23)(H,19,21,22). The molecule has 2 aromatic heterocycles. The van der Waals surface area contributed by atoms with Crippen molar-refractivity contribution in [2.75, 3.05) is 18.4 Å². The van der Waals surface area contributed by atoms with Crippen LogP contribution in [0.25, 0.3) is 10.2 Å². The highest BCUT2D eigenvalue weighted by Crippen LogP contribution is 2.28. The van der Waals surface area contributed by atoms with E-state index in [9.17, 15) is 4.79 Å². The number of nitriles is 1. The fourth-order valence-electron chi connectivity index (χ4n) is 2.09. The number of nitrogens with one attached hydrogen (secondary N) is 2. The van der Waals surface area contributed by atoms with Gasteiger partial charge in [0.25, 0.3) is 5.91 Å². The summed E-state index contributed by atoms with van der Waals surface area (Å²) in [7, 11) is 0. The number of carbonyl (C=O) groups excluding carboxylic acids is 1. The van der Waals surface area contributed by atoms with Crippen molar-refractivity contribution in [2.24, 2.45) is 5.73 Å². The Hall–Kier alpha value is -3.02. The first-order valence-corrected chi connectivity index (χ1v) is 8.03. The molecule has 0 spiro atoms.